The lowest BCUT2D eigenvalue weighted by Crippen LogP contribution is -1.94. The Morgan fingerprint density at radius 1 is 1.31 bits per heavy atom. The standard InChI is InChI=1S/C11H8ClFN2O/c1-16-9-4-2-3-7(13)11(9)8-5-10(12)15-6-14-8/h2-6H,1H3. The lowest BCUT2D eigenvalue weighted by molar-refractivity contribution is 0.413. The highest BCUT2D eigenvalue weighted by Gasteiger charge is 2.13. The van der Waals surface area contributed by atoms with Crippen LogP contribution in [0.2, 0.25) is 5.15 Å². The van der Waals surface area contributed by atoms with Crippen molar-refractivity contribution in [1.29, 1.82) is 0 Å². The highest BCUT2D eigenvalue weighted by atomic mass is 35.5. The van der Waals surface area contributed by atoms with E-state index < -0.39 is 5.82 Å². The van der Waals surface area contributed by atoms with Gasteiger partial charge in [-0.05, 0) is 12.1 Å². The van der Waals surface area contributed by atoms with E-state index in [4.69, 9.17) is 16.3 Å². The third kappa shape index (κ3) is 1.97. The van der Waals surface area contributed by atoms with Gasteiger partial charge in [-0.25, -0.2) is 14.4 Å². The predicted molar refractivity (Wildman–Crippen MR) is 59.0 cm³/mol. The molecule has 16 heavy (non-hydrogen) atoms. The number of benzene rings is 1. The molecule has 0 spiro atoms. The zero-order valence-corrected chi connectivity index (χ0v) is 9.20. The summed E-state index contributed by atoms with van der Waals surface area (Å²) < 4.78 is 18.7. The van der Waals surface area contributed by atoms with Gasteiger partial charge < -0.3 is 4.74 Å². The van der Waals surface area contributed by atoms with E-state index in [1.165, 1.54) is 25.6 Å². The van der Waals surface area contributed by atoms with E-state index in [1.54, 1.807) is 12.1 Å². The molecule has 0 aliphatic rings. The van der Waals surface area contributed by atoms with Gasteiger partial charge in [-0.15, -0.1) is 0 Å². The zero-order chi connectivity index (χ0) is 11.5. The van der Waals surface area contributed by atoms with E-state index >= 15 is 0 Å². The minimum atomic E-state index is -0.408. The largest absolute Gasteiger partial charge is 0.496 e. The third-order valence-electron chi connectivity index (χ3n) is 2.09. The van der Waals surface area contributed by atoms with Crippen molar-refractivity contribution < 1.29 is 9.13 Å². The van der Waals surface area contributed by atoms with Gasteiger partial charge in [0.15, 0.2) is 0 Å². The maximum absolute atomic E-state index is 13.7. The van der Waals surface area contributed by atoms with Crippen molar-refractivity contribution in [3.63, 3.8) is 0 Å². The van der Waals surface area contributed by atoms with Crippen LogP contribution in [0, 0.1) is 5.82 Å². The second-order valence-electron chi connectivity index (χ2n) is 3.04. The molecule has 1 aromatic carbocycles. The molecule has 0 bridgehead atoms. The van der Waals surface area contributed by atoms with Crippen LogP contribution in [0.15, 0.2) is 30.6 Å². The second kappa shape index (κ2) is 4.45. The molecule has 2 aromatic rings. The average Bonchev–Trinajstić information content (AvgIpc) is 2.28. The van der Waals surface area contributed by atoms with Crippen LogP contribution in [0.1, 0.15) is 0 Å². The van der Waals surface area contributed by atoms with Crippen molar-refractivity contribution >= 4 is 11.6 Å². The van der Waals surface area contributed by atoms with Gasteiger partial charge in [-0.2, -0.15) is 0 Å². The molecule has 3 nitrogen and oxygen atoms in total. The van der Waals surface area contributed by atoms with Gasteiger partial charge in [0.05, 0.1) is 18.4 Å². The number of hydrogen-bond donors (Lipinski definition) is 0. The van der Waals surface area contributed by atoms with Crippen LogP contribution >= 0.6 is 11.6 Å². The minimum absolute atomic E-state index is 0.260. The topological polar surface area (TPSA) is 35.0 Å². The molecule has 1 heterocycles. The van der Waals surface area contributed by atoms with Crippen molar-refractivity contribution in [2.75, 3.05) is 7.11 Å². The van der Waals surface area contributed by atoms with Crippen molar-refractivity contribution in [2.45, 2.75) is 0 Å². The zero-order valence-electron chi connectivity index (χ0n) is 8.45. The fourth-order valence-corrected chi connectivity index (χ4v) is 1.54. The lowest BCUT2D eigenvalue weighted by Gasteiger charge is -2.08. The van der Waals surface area contributed by atoms with E-state index in [0.717, 1.165) is 0 Å². The van der Waals surface area contributed by atoms with E-state index in [2.05, 4.69) is 9.97 Å². The molecular formula is C11H8ClFN2O. The Hall–Kier alpha value is -1.68. The average molecular weight is 239 g/mol. The smallest absolute Gasteiger partial charge is 0.136 e. The summed E-state index contributed by atoms with van der Waals surface area (Å²) in [4.78, 5) is 7.71. The summed E-state index contributed by atoms with van der Waals surface area (Å²) in [7, 11) is 1.47. The van der Waals surface area contributed by atoms with Crippen LogP contribution in [0.25, 0.3) is 11.3 Å². The summed E-state index contributed by atoms with van der Waals surface area (Å²) in [5.74, 6) is 0.00360. The molecule has 5 heteroatoms. The summed E-state index contributed by atoms with van der Waals surface area (Å²) >= 11 is 5.73. The van der Waals surface area contributed by atoms with Crippen molar-refractivity contribution in [3.8, 4) is 17.0 Å². The van der Waals surface area contributed by atoms with Gasteiger partial charge >= 0.3 is 0 Å². The first-order chi connectivity index (χ1) is 7.72. The van der Waals surface area contributed by atoms with Crippen LogP contribution in [-0.4, -0.2) is 17.1 Å². The predicted octanol–water partition coefficient (Wildman–Crippen LogP) is 2.94. The highest BCUT2D eigenvalue weighted by molar-refractivity contribution is 6.29. The van der Waals surface area contributed by atoms with Crippen molar-refractivity contribution in [1.82, 2.24) is 9.97 Å². The summed E-state index contributed by atoms with van der Waals surface area (Å²) in [5, 5.41) is 0.260. The van der Waals surface area contributed by atoms with Gasteiger partial charge in [-0.1, -0.05) is 17.7 Å². The SMILES string of the molecule is COc1cccc(F)c1-c1cc(Cl)ncn1. The molecule has 0 N–H and O–H groups in total. The first kappa shape index (κ1) is 10.8. The van der Waals surface area contributed by atoms with Crippen LogP contribution in [0.5, 0.6) is 5.75 Å². The van der Waals surface area contributed by atoms with Gasteiger partial charge in [-0.3, -0.25) is 0 Å². The van der Waals surface area contributed by atoms with Crippen LogP contribution in [0.3, 0.4) is 0 Å². The van der Waals surface area contributed by atoms with E-state index in [9.17, 15) is 4.39 Å². The second-order valence-corrected chi connectivity index (χ2v) is 3.43. The quantitative estimate of drug-likeness (QED) is 0.755. The number of rotatable bonds is 2. The van der Waals surface area contributed by atoms with Gasteiger partial charge in [0.2, 0.25) is 0 Å². The molecule has 0 unspecified atom stereocenters. The molecule has 2 rings (SSSR count). The first-order valence-corrected chi connectivity index (χ1v) is 4.90. The highest BCUT2D eigenvalue weighted by Crippen LogP contribution is 2.31. The Morgan fingerprint density at radius 3 is 2.81 bits per heavy atom. The number of ether oxygens (including phenoxy) is 1. The maximum atomic E-state index is 13.7. The number of halogens is 2. The lowest BCUT2D eigenvalue weighted by atomic mass is 10.1. The van der Waals surface area contributed by atoms with Crippen molar-refractivity contribution in [2.24, 2.45) is 0 Å². The molecule has 0 aliphatic heterocycles. The number of aromatic nitrogens is 2. The van der Waals surface area contributed by atoms with Crippen LogP contribution in [0.4, 0.5) is 4.39 Å². The Kier molecular flexibility index (Phi) is 3.01. The molecule has 0 saturated carbocycles. The Morgan fingerprint density at radius 2 is 2.12 bits per heavy atom. The summed E-state index contributed by atoms with van der Waals surface area (Å²) in [5.41, 5.74) is 0.684. The van der Waals surface area contributed by atoms with E-state index in [1.807, 2.05) is 0 Å². The maximum Gasteiger partial charge on any atom is 0.136 e. The molecule has 0 amide bonds. The molecule has 0 fully saturated rings. The monoisotopic (exact) mass is 238 g/mol. The van der Waals surface area contributed by atoms with Crippen LogP contribution < -0.4 is 4.74 Å². The molecule has 0 saturated heterocycles. The van der Waals surface area contributed by atoms with Crippen molar-refractivity contribution in [3.05, 3.63) is 41.6 Å². The molecule has 0 atom stereocenters. The number of nitrogens with zero attached hydrogens (tertiary/aromatic N) is 2. The fourth-order valence-electron chi connectivity index (χ4n) is 1.39. The van der Waals surface area contributed by atoms with Gasteiger partial charge in [0, 0.05) is 6.07 Å². The number of hydrogen-bond acceptors (Lipinski definition) is 3. The summed E-state index contributed by atoms with van der Waals surface area (Å²) in [6, 6.07) is 6.06. The third-order valence-corrected chi connectivity index (χ3v) is 2.29. The van der Waals surface area contributed by atoms with Gasteiger partial charge in [0.25, 0.3) is 0 Å². The molecule has 82 valence electrons. The Bertz CT molecular complexity index is 519. The number of methoxy groups -OCH3 is 1. The molecule has 1 aromatic heterocycles. The van der Waals surface area contributed by atoms with Crippen LogP contribution in [-0.2, 0) is 0 Å². The Balaban J connectivity index is 2.63. The van der Waals surface area contributed by atoms with Gasteiger partial charge in [0.1, 0.15) is 23.0 Å². The molecule has 0 radical (unpaired) electrons. The minimum Gasteiger partial charge on any atom is -0.496 e. The summed E-state index contributed by atoms with van der Waals surface area (Å²) in [6.45, 7) is 0. The summed E-state index contributed by atoms with van der Waals surface area (Å²) in [6.07, 6.45) is 1.28. The Labute approximate surface area is 96.9 Å². The molecular weight excluding hydrogens is 231 g/mol. The first-order valence-electron chi connectivity index (χ1n) is 4.53. The van der Waals surface area contributed by atoms with E-state index in [-0.39, 0.29) is 10.7 Å². The fraction of sp³-hybridized carbons (Fsp3) is 0.0909. The molecule has 0 aliphatic carbocycles. The normalized spacial score (nSPS) is 10.2. The van der Waals surface area contributed by atoms with E-state index in [0.29, 0.717) is 11.4 Å².